The molecule has 1 fully saturated rings. The number of sulfonamides is 1. The summed E-state index contributed by atoms with van der Waals surface area (Å²) in [6.45, 7) is 0.535. The van der Waals surface area contributed by atoms with Crippen molar-refractivity contribution >= 4 is 10.0 Å². The van der Waals surface area contributed by atoms with Crippen LogP contribution in [0.2, 0.25) is 0 Å². The Hall–Kier alpha value is -0.920. The Labute approximate surface area is 101 Å². The van der Waals surface area contributed by atoms with Crippen LogP contribution in [0, 0.1) is 5.92 Å². The lowest BCUT2D eigenvalue weighted by molar-refractivity contribution is 0.303. The Morgan fingerprint density at radius 1 is 1.59 bits per heavy atom. The molecule has 0 amide bonds. The number of aromatic amines is 1. The van der Waals surface area contributed by atoms with Crippen molar-refractivity contribution in [2.24, 2.45) is 11.7 Å². The molecule has 0 saturated heterocycles. The van der Waals surface area contributed by atoms with Gasteiger partial charge in [0.15, 0.2) is 5.03 Å². The zero-order chi connectivity index (χ0) is 12.5. The van der Waals surface area contributed by atoms with Gasteiger partial charge in [-0.15, -0.1) is 0 Å². The van der Waals surface area contributed by atoms with Gasteiger partial charge in [-0.05, 0) is 31.4 Å². The van der Waals surface area contributed by atoms with E-state index >= 15 is 0 Å². The minimum atomic E-state index is -3.46. The fourth-order valence-electron chi connectivity index (χ4n) is 2.49. The topological polar surface area (TPSA) is 92.1 Å². The summed E-state index contributed by atoms with van der Waals surface area (Å²) in [5.41, 5.74) is 5.68. The van der Waals surface area contributed by atoms with Crippen LogP contribution in [0.25, 0.3) is 0 Å². The molecule has 96 valence electrons. The first kappa shape index (κ1) is 12.5. The van der Waals surface area contributed by atoms with Gasteiger partial charge in [-0.2, -0.15) is 9.40 Å². The van der Waals surface area contributed by atoms with Crippen LogP contribution in [0.4, 0.5) is 0 Å². The van der Waals surface area contributed by atoms with Crippen molar-refractivity contribution in [3.05, 3.63) is 12.3 Å². The van der Waals surface area contributed by atoms with Gasteiger partial charge in [0.2, 0.25) is 0 Å². The Bertz CT molecular complexity index is 457. The van der Waals surface area contributed by atoms with Gasteiger partial charge in [-0.1, -0.05) is 6.42 Å². The van der Waals surface area contributed by atoms with Crippen molar-refractivity contribution in [1.82, 2.24) is 14.5 Å². The van der Waals surface area contributed by atoms with E-state index in [0.717, 1.165) is 19.3 Å². The molecule has 1 aliphatic carbocycles. The maximum Gasteiger partial charge on any atom is 0.259 e. The second-order valence-corrected chi connectivity index (χ2v) is 6.40. The van der Waals surface area contributed by atoms with Crippen molar-refractivity contribution in [2.75, 3.05) is 13.6 Å². The highest BCUT2D eigenvalue weighted by molar-refractivity contribution is 7.89. The Morgan fingerprint density at radius 2 is 2.35 bits per heavy atom. The SMILES string of the molecule is CN(C1CCCC1CN)S(=O)(=O)c1ccn[nH]1. The van der Waals surface area contributed by atoms with Crippen LogP contribution >= 0.6 is 0 Å². The lowest BCUT2D eigenvalue weighted by Gasteiger charge is -2.27. The van der Waals surface area contributed by atoms with E-state index in [1.54, 1.807) is 7.05 Å². The van der Waals surface area contributed by atoms with Crippen LogP contribution in [-0.2, 0) is 10.0 Å². The number of hydrogen-bond acceptors (Lipinski definition) is 4. The van der Waals surface area contributed by atoms with E-state index in [-0.39, 0.29) is 17.0 Å². The second kappa shape index (κ2) is 4.75. The molecule has 1 heterocycles. The van der Waals surface area contributed by atoms with Crippen LogP contribution in [0.5, 0.6) is 0 Å². The third-order valence-electron chi connectivity index (χ3n) is 3.52. The van der Waals surface area contributed by atoms with Crippen LogP contribution in [0.15, 0.2) is 17.3 Å². The number of nitrogens with zero attached hydrogens (tertiary/aromatic N) is 2. The third kappa shape index (κ3) is 2.22. The van der Waals surface area contributed by atoms with E-state index in [2.05, 4.69) is 10.2 Å². The van der Waals surface area contributed by atoms with E-state index < -0.39 is 10.0 Å². The standard InChI is InChI=1S/C10H18N4O2S/c1-14(9-4-2-3-8(9)7-11)17(15,16)10-5-6-12-13-10/h5-6,8-9H,2-4,7,11H2,1H3,(H,12,13). The molecule has 0 bridgehead atoms. The monoisotopic (exact) mass is 258 g/mol. The molecule has 1 saturated carbocycles. The average molecular weight is 258 g/mol. The molecular weight excluding hydrogens is 240 g/mol. The Kier molecular flexibility index (Phi) is 3.50. The summed E-state index contributed by atoms with van der Waals surface area (Å²) >= 11 is 0. The minimum absolute atomic E-state index is 0.00769. The van der Waals surface area contributed by atoms with Crippen molar-refractivity contribution in [2.45, 2.75) is 30.3 Å². The van der Waals surface area contributed by atoms with Gasteiger partial charge in [0.1, 0.15) is 0 Å². The Balaban J connectivity index is 2.22. The minimum Gasteiger partial charge on any atom is -0.330 e. The average Bonchev–Trinajstić information content (AvgIpc) is 2.98. The number of rotatable bonds is 4. The number of hydrogen-bond donors (Lipinski definition) is 2. The largest absolute Gasteiger partial charge is 0.330 e. The second-order valence-electron chi connectivity index (χ2n) is 4.44. The number of aromatic nitrogens is 2. The lowest BCUT2D eigenvalue weighted by Crippen LogP contribution is -2.41. The summed E-state index contributed by atoms with van der Waals surface area (Å²) in [5.74, 6) is 0.262. The van der Waals surface area contributed by atoms with Crippen molar-refractivity contribution in [1.29, 1.82) is 0 Å². The van der Waals surface area contributed by atoms with E-state index in [1.807, 2.05) is 0 Å². The highest BCUT2D eigenvalue weighted by atomic mass is 32.2. The Morgan fingerprint density at radius 3 is 2.94 bits per heavy atom. The van der Waals surface area contributed by atoms with Gasteiger partial charge in [0.25, 0.3) is 10.0 Å². The molecule has 7 heteroatoms. The summed E-state index contributed by atoms with van der Waals surface area (Å²) in [6, 6.07) is 1.48. The van der Waals surface area contributed by atoms with Gasteiger partial charge in [0, 0.05) is 13.1 Å². The normalized spacial score (nSPS) is 25.6. The molecule has 2 rings (SSSR count). The predicted octanol–water partition coefficient (Wildman–Crippen LogP) is 0.158. The first-order valence-electron chi connectivity index (χ1n) is 5.75. The fourth-order valence-corrected chi connectivity index (χ4v) is 3.84. The van der Waals surface area contributed by atoms with Gasteiger partial charge in [-0.25, -0.2) is 8.42 Å². The lowest BCUT2D eigenvalue weighted by atomic mass is 10.0. The van der Waals surface area contributed by atoms with Gasteiger partial charge in [0.05, 0.1) is 6.20 Å². The highest BCUT2D eigenvalue weighted by Gasteiger charge is 2.36. The molecule has 1 aliphatic rings. The molecule has 1 aromatic heterocycles. The molecule has 2 unspecified atom stereocenters. The predicted molar refractivity (Wildman–Crippen MR) is 63.7 cm³/mol. The summed E-state index contributed by atoms with van der Waals surface area (Å²) in [6.07, 6.45) is 4.36. The summed E-state index contributed by atoms with van der Waals surface area (Å²) < 4.78 is 25.9. The van der Waals surface area contributed by atoms with Crippen LogP contribution in [-0.4, -0.2) is 42.6 Å². The van der Waals surface area contributed by atoms with Crippen LogP contribution in [0.1, 0.15) is 19.3 Å². The zero-order valence-corrected chi connectivity index (χ0v) is 10.7. The molecule has 0 aromatic carbocycles. The molecule has 0 spiro atoms. The maximum absolute atomic E-state index is 12.3. The van der Waals surface area contributed by atoms with Crippen LogP contribution < -0.4 is 5.73 Å². The zero-order valence-electron chi connectivity index (χ0n) is 9.83. The van der Waals surface area contributed by atoms with E-state index in [1.165, 1.54) is 16.6 Å². The van der Waals surface area contributed by atoms with Crippen molar-refractivity contribution in [3.63, 3.8) is 0 Å². The molecule has 0 radical (unpaired) electrons. The summed E-state index contributed by atoms with van der Waals surface area (Å²) in [4.78, 5) is 0. The summed E-state index contributed by atoms with van der Waals surface area (Å²) in [7, 11) is -1.84. The number of nitrogens with one attached hydrogen (secondary N) is 1. The molecule has 0 aliphatic heterocycles. The third-order valence-corrected chi connectivity index (χ3v) is 5.33. The molecule has 17 heavy (non-hydrogen) atoms. The quantitative estimate of drug-likeness (QED) is 0.804. The van der Waals surface area contributed by atoms with Gasteiger partial charge < -0.3 is 5.73 Å². The smallest absolute Gasteiger partial charge is 0.259 e. The molecular formula is C10H18N4O2S. The molecule has 1 aromatic rings. The van der Waals surface area contributed by atoms with Crippen molar-refractivity contribution in [3.8, 4) is 0 Å². The van der Waals surface area contributed by atoms with Gasteiger partial charge in [-0.3, -0.25) is 5.10 Å². The first-order chi connectivity index (χ1) is 8.07. The maximum atomic E-state index is 12.3. The molecule has 3 N–H and O–H groups in total. The number of H-pyrrole nitrogens is 1. The van der Waals surface area contributed by atoms with E-state index in [0.29, 0.717) is 6.54 Å². The van der Waals surface area contributed by atoms with E-state index in [4.69, 9.17) is 5.73 Å². The molecule has 2 atom stereocenters. The molecule has 6 nitrogen and oxygen atoms in total. The fraction of sp³-hybridized carbons (Fsp3) is 0.700. The number of nitrogens with two attached hydrogens (primary N) is 1. The first-order valence-corrected chi connectivity index (χ1v) is 7.19. The summed E-state index contributed by atoms with van der Waals surface area (Å²) in [5, 5.41) is 6.33. The van der Waals surface area contributed by atoms with Gasteiger partial charge >= 0.3 is 0 Å². The van der Waals surface area contributed by atoms with Crippen LogP contribution in [0.3, 0.4) is 0 Å². The van der Waals surface area contributed by atoms with E-state index in [9.17, 15) is 8.42 Å². The van der Waals surface area contributed by atoms with Crippen molar-refractivity contribution < 1.29 is 8.42 Å². The highest BCUT2D eigenvalue weighted by Crippen LogP contribution is 2.31.